The van der Waals surface area contributed by atoms with Crippen molar-refractivity contribution in [3.8, 4) is 0 Å². The van der Waals surface area contributed by atoms with Crippen LogP contribution < -0.4 is 0 Å². The van der Waals surface area contributed by atoms with Crippen LogP contribution in [0.4, 0.5) is 0 Å². The molecule has 0 saturated carbocycles. The minimum atomic E-state index is 0.342. The van der Waals surface area contributed by atoms with Crippen LogP contribution in [-0.2, 0) is 0 Å². The molecule has 0 aromatic carbocycles. The lowest BCUT2D eigenvalue weighted by atomic mass is 9.72. The highest BCUT2D eigenvalue weighted by Crippen LogP contribution is 2.37. The lowest BCUT2D eigenvalue weighted by Gasteiger charge is -2.33. The Hall–Kier alpha value is -0.260. The molecule has 0 heteroatoms. The molecule has 0 aliphatic heterocycles. The van der Waals surface area contributed by atoms with Crippen LogP contribution >= 0.6 is 0 Å². The first-order valence-corrected chi connectivity index (χ1v) is 5.39. The van der Waals surface area contributed by atoms with E-state index in [1.165, 1.54) is 0 Å². The van der Waals surface area contributed by atoms with Crippen molar-refractivity contribution in [2.75, 3.05) is 0 Å². The zero-order valence-corrected chi connectivity index (χ0v) is 10.7. The van der Waals surface area contributed by atoms with Crippen LogP contribution in [0.2, 0.25) is 0 Å². The minimum Gasteiger partial charge on any atom is -0.0713 e. The molecule has 0 aromatic heterocycles. The first kappa shape index (κ1) is 12.7. The predicted molar refractivity (Wildman–Crippen MR) is 61.8 cm³/mol. The fourth-order valence-electron chi connectivity index (χ4n) is 1.37. The van der Waals surface area contributed by atoms with Crippen molar-refractivity contribution in [3.05, 3.63) is 11.1 Å². The molecule has 0 aliphatic rings. The zero-order valence-electron chi connectivity index (χ0n) is 10.7. The van der Waals surface area contributed by atoms with Crippen LogP contribution in [0, 0.1) is 17.3 Å². The summed E-state index contributed by atoms with van der Waals surface area (Å²) in [6.07, 6.45) is 0. The summed E-state index contributed by atoms with van der Waals surface area (Å²) < 4.78 is 0. The van der Waals surface area contributed by atoms with Gasteiger partial charge >= 0.3 is 0 Å². The molecule has 0 aliphatic carbocycles. The average molecular weight is 182 g/mol. The Morgan fingerprint density at radius 3 is 1.54 bits per heavy atom. The number of rotatable bonds is 3. The summed E-state index contributed by atoms with van der Waals surface area (Å²) in [7, 11) is 0. The number of allylic oxidation sites excluding steroid dienone is 2. The molecule has 0 radical (unpaired) electrons. The highest BCUT2D eigenvalue weighted by atomic mass is 14.3. The van der Waals surface area contributed by atoms with E-state index in [9.17, 15) is 0 Å². The van der Waals surface area contributed by atoms with Gasteiger partial charge in [0.2, 0.25) is 0 Å². The summed E-state index contributed by atoms with van der Waals surface area (Å²) in [5.74, 6) is 1.39. The van der Waals surface area contributed by atoms with E-state index in [0.29, 0.717) is 17.3 Å². The Labute approximate surface area is 84.4 Å². The van der Waals surface area contributed by atoms with Crippen LogP contribution in [0.1, 0.15) is 55.4 Å². The maximum absolute atomic E-state index is 2.35. The van der Waals surface area contributed by atoms with Gasteiger partial charge in [-0.3, -0.25) is 0 Å². The molecule has 0 heterocycles. The van der Waals surface area contributed by atoms with Crippen molar-refractivity contribution in [1.82, 2.24) is 0 Å². The van der Waals surface area contributed by atoms with E-state index in [1.807, 2.05) is 0 Å². The fourth-order valence-corrected chi connectivity index (χ4v) is 1.37. The molecule has 0 unspecified atom stereocenters. The normalized spacial score (nSPS) is 15.2. The topological polar surface area (TPSA) is 0 Å². The highest BCUT2D eigenvalue weighted by Gasteiger charge is 2.25. The van der Waals surface area contributed by atoms with Crippen molar-refractivity contribution < 1.29 is 0 Å². The van der Waals surface area contributed by atoms with E-state index in [2.05, 4.69) is 55.4 Å². The van der Waals surface area contributed by atoms with Crippen molar-refractivity contribution in [3.63, 3.8) is 0 Å². The third kappa shape index (κ3) is 2.86. The van der Waals surface area contributed by atoms with Crippen LogP contribution in [0.25, 0.3) is 0 Å². The Morgan fingerprint density at radius 1 is 0.923 bits per heavy atom. The van der Waals surface area contributed by atoms with Crippen LogP contribution in [0.15, 0.2) is 11.1 Å². The second-order valence-electron chi connectivity index (χ2n) is 5.34. The Kier molecular flexibility index (Phi) is 4.22. The molecule has 0 amide bonds. The summed E-state index contributed by atoms with van der Waals surface area (Å²) in [4.78, 5) is 0. The van der Waals surface area contributed by atoms with Gasteiger partial charge in [0.05, 0.1) is 0 Å². The molecule has 13 heavy (non-hydrogen) atoms. The van der Waals surface area contributed by atoms with E-state index < -0.39 is 0 Å². The number of hydrogen-bond acceptors (Lipinski definition) is 0. The van der Waals surface area contributed by atoms with Gasteiger partial charge in [0.15, 0.2) is 0 Å². The lowest BCUT2D eigenvalue weighted by Crippen LogP contribution is -2.22. The zero-order chi connectivity index (χ0) is 10.8. The SMILES string of the molecule is C/C(=C(/C)C(C)(C)C(C)C)C(C)C. The van der Waals surface area contributed by atoms with Crippen molar-refractivity contribution in [2.24, 2.45) is 17.3 Å². The van der Waals surface area contributed by atoms with Gasteiger partial charge in [-0.2, -0.15) is 0 Å². The fraction of sp³-hybridized carbons (Fsp3) is 0.846. The standard InChI is InChI=1S/C13H26/c1-9(2)11(5)12(6)13(7,8)10(3)4/h9-10H,1-8H3/b12-11+. The van der Waals surface area contributed by atoms with Gasteiger partial charge in [-0.05, 0) is 31.1 Å². The van der Waals surface area contributed by atoms with Gasteiger partial charge in [-0.25, -0.2) is 0 Å². The van der Waals surface area contributed by atoms with E-state index in [-0.39, 0.29) is 0 Å². The molecule has 0 nitrogen and oxygen atoms in total. The van der Waals surface area contributed by atoms with Crippen LogP contribution in [-0.4, -0.2) is 0 Å². The van der Waals surface area contributed by atoms with Crippen molar-refractivity contribution in [1.29, 1.82) is 0 Å². The third-order valence-electron chi connectivity index (χ3n) is 3.87. The first-order chi connectivity index (χ1) is 5.71. The molecule has 0 saturated heterocycles. The molecule has 0 spiro atoms. The molecule has 0 N–H and O–H groups in total. The second kappa shape index (κ2) is 4.30. The van der Waals surface area contributed by atoms with Gasteiger partial charge in [0.25, 0.3) is 0 Å². The summed E-state index contributed by atoms with van der Waals surface area (Å²) >= 11 is 0. The highest BCUT2D eigenvalue weighted by molar-refractivity contribution is 5.19. The maximum Gasteiger partial charge on any atom is -0.0122 e. The van der Waals surface area contributed by atoms with Crippen LogP contribution in [0.5, 0.6) is 0 Å². The summed E-state index contributed by atoms with van der Waals surface area (Å²) in [6, 6.07) is 0. The maximum atomic E-state index is 2.35. The lowest BCUT2D eigenvalue weighted by molar-refractivity contribution is 0.305. The van der Waals surface area contributed by atoms with Crippen molar-refractivity contribution >= 4 is 0 Å². The van der Waals surface area contributed by atoms with E-state index in [1.54, 1.807) is 11.1 Å². The van der Waals surface area contributed by atoms with Gasteiger partial charge in [0.1, 0.15) is 0 Å². The third-order valence-corrected chi connectivity index (χ3v) is 3.87. The Morgan fingerprint density at radius 2 is 1.31 bits per heavy atom. The molecular weight excluding hydrogens is 156 g/mol. The van der Waals surface area contributed by atoms with E-state index in [0.717, 1.165) is 0 Å². The first-order valence-electron chi connectivity index (χ1n) is 5.39. The minimum absolute atomic E-state index is 0.342. The quantitative estimate of drug-likeness (QED) is 0.557. The Bertz CT molecular complexity index is 192. The predicted octanol–water partition coefficient (Wildman–Crippen LogP) is 4.66. The molecule has 78 valence electrons. The molecule has 0 atom stereocenters. The van der Waals surface area contributed by atoms with E-state index in [4.69, 9.17) is 0 Å². The van der Waals surface area contributed by atoms with Crippen molar-refractivity contribution in [2.45, 2.75) is 55.4 Å². The van der Waals surface area contributed by atoms with Gasteiger partial charge in [-0.1, -0.05) is 52.7 Å². The monoisotopic (exact) mass is 182 g/mol. The molecule has 0 aromatic rings. The molecule has 0 rings (SSSR count). The molecule has 0 fully saturated rings. The molecule has 0 bridgehead atoms. The Balaban J connectivity index is 4.96. The van der Waals surface area contributed by atoms with Gasteiger partial charge in [0, 0.05) is 0 Å². The summed E-state index contributed by atoms with van der Waals surface area (Å²) in [5.41, 5.74) is 3.46. The van der Waals surface area contributed by atoms with Gasteiger partial charge < -0.3 is 0 Å². The summed E-state index contributed by atoms with van der Waals surface area (Å²) in [6.45, 7) is 18.4. The molecular formula is C13H26. The number of hydrogen-bond donors (Lipinski definition) is 0. The summed E-state index contributed by atoms with van der Waals surface area (Å²) in [5, 5.41) is 0. The second-order valence-corrected chi connectivity index (χ2v) is 5.34. The average Bonchev–Trinajstić information content (AvgIpc) is 2.01. The van der Waals surface area contributed by atoms with Crippen LogP contribution in [0.3, 0.4) is 0 Å². The van der Waals surface area contributed by atoms with Gasteiger partial charge in [-0.15, -0.1) is 0 Å². The smallest absolute Gasteiger partial charge is 0.0122 e. The van der Waals surface area contributed by atoms with E-state index >= 15 is 0 Å². The largest absolute Gasteiger partial charge is 0.0713 e.